The Morgan fingerprint density at radius 2 is 1.82 bits per heavy atom. The molecule has 0 bridgehead atoms. The molecule has 1 aromatic carbocycles. The van der Waals surface area contributed by atoms with Crippen LogP contribution >= 0.6 is 23.2 Å². The molecular formula is C13H20Cl2N2. The van der Waals surface area contributed by atoms with E-state index in [9.17, 15) is 0 Å². The summed E-state index contributed by atoms with van der Waals surface area (Å²) >= 11 is 12.0. The summed E-state index contributed by atoms with van der Waals surface area (Å²) in [6.07, 6.45) is 1.12. The van der Waals surface area contributed by atoms with Crippen LogP contribution in [-0.4, -0.2) is 39.1 Å². The number of alkyl halides is 1. The molecule has 0 aliphatic carbocycles. The van der Waals surface area contributed by atoms with Gasteiger partial charge in [-0.25, -0.2) is 0 Å². The van der Waals surface area contributed by atoms with E-state index in [1.165, 1.54) is 0 Å². The first-order valence-corrected chi connectivity index (χ1v) is 6.66. The second-order valence-corrected chi connectivity index (χ2v) is 5.19. The lowest BCUT2D eigenvalue weighted by Crippen LogP contribution is -2.24. The van der Waals surface area contributed by atoms with E-state index in [4.69, 9.17) is 23.2 Å². The van der Waals surface area contributed by atoms with Crippen LogP contribution < -0.4 is 4.90 Å². The molecule has 0 saturated carbocycles. The zero-order chi connectivity index (χ0) is 12.8. The van der Waals surface area contributed by atoms with Gasteiger partial charge < -0.3 is 9.80 Å². The Labute approximate surface area is 114 Å². The van der Waals surface area contributed by atoms with E-state index in [1.807, 2.05) is 18.2 Å². The van der Waals surface area contributed by atoms with Crippen molar-refractivity contribution in [3.63, 3.8) is 0 Å². The molecule has 0 radical (unpaired) electrons. The number of hydrogen-bond donors (Lipinski definition) is 0. The van der Waals surface area contributed by atoms with Crippen LogP contribution in [0.2, 0.25) is 5.02 Å². The van der Waals surface area contributed by atoms with Crippen LogP contribution in [0.1, 0.15) is 12.0 Å². The van der Waals surface area contributed by atoms with Gasteiger partial charge in [-0.05, 0) is 44.8 Å². The summed E-state index contributed by atoms with van der Waals surface area (Å²) in [5.74, 6) is 0.518. The summed E-state index contributed by atoms with van der Waals surface area (Å²) in [6.45, 7) is 2.09. The standard InChI is InChI=1S/C13H20Cl2N2/c1-16(2)7-4-8-17(3)13-9-12(15)6-5-11(13)10-14/h5-6,9H,4,7-8,10H2,1-3H3. The summed E-state index contributed by atoms with van der Waals surface area (Å²) < 4.78 is 0. The van der Waals surface area contributed by atoms with Crippen LogP contribution in [-0.2, 0) is 5.88 Å². The number of rotatable bonds is 6. The maximum absolute atomic E-state index is 6.02. The number of anilines is 1. The van der Waals surface area contributed by atoms with Crippen molar-refractivity contribution in [2.45, 2.75) is 12.3 Å². The summed E-state index contributed by atoms with van der Waals surface area (Å²) in [7, 11) is 6.25. The first kappa shape index (κ1) is 14.6. The van der Waals surface area contributed by atoms with Crippen molar-refractivity contribution in [1.82, 2.24) is 4.90 Å². The van der Waals surface area contributed by atoms with Crippen LogP contribution in [0.5, 0.6) is 0 Å². The van der Waals surface area contributed by atoms with Crippen LogP contribution in [0.15, 0.2) is 18.2 Å². The van der Waals surface area contributed by atoms with Gasteiger partial charge in [0, 0.05) is 30.2 Å². The smallest absolute Gasteiger partial charge is 0.0494 e. The fourth-order valence-electron chi connectivity index (χ4n) is 1.75. The molecule has 4 heteroatoms. The Morgan fingerprint density at radius 1 is 1.12 bits per heavy atom. The number of hydrogen-bond acceptors (Lipinski definition) is 2. The zero-order valence-electron chi connectivity index (χ0n) is 10.7. The second kappa shape index (κ2) is 7.10. The average Bonchev–Trinajstić information content (AvgIpc) is 2.28. The summed E-state index contributed by atoms with van der Waals surface area (Å²) in [5.41, 5.74) is 2.26. The molecule has 0 aromatic heterocycles. The summed E-state index contributed by atoms with van der Waals surface area (Å²) in [4.78, 5) is 4.40. The molecule has 0 heterocycles. The van der Waals surface area contributed by atoms with Crippen LogP contribution in [0.3, 0.4) is 0 Å². The predicted octanol–water partition coefficient (Wildman–Crippen LogP) is 3.47. The van der Waals surface area contributed by atoms with Crippen molar-refractivity contribution in [1.29, 1.82) is 0 Å². The Hall–Kier alpha value is -0.440. The first-order chi connectivity index (χ1) is 8.04. The van der Waals surface area contributed by atoms with Gasteiger partial charge in [-0.1, -0.05) is 17.7 Å². The SMILES string of the molecule is CN(C)CCCN(C)c1cc(Cl)ccc1CCl. The van der Waals surface area contributed by atoms with Crippen LogP contribution in [0.25, 0.3) is 0 Å². The van der Waals surface area contributed by atoms with Crippen LogP contribution in [0.4, 0.5) is 5.69 Å². The maximum Gasteiger partial charge on any atom is 0.0494 e. The molecular weight excluding hydrogens is 255 g/mol. The number of nitrogens with zero attached hydrogens (tertiary/aromatic N) is 2. The Balaban J connectivity index is 2.66. The van der Waals surface area contributed by atoms with Gasteiger partial charge in [0.1, 0.15) is 0 Å². The average molecular weight is 275 g/mol. The minimum Gasteiger partial charge on any atom is -0.374 e. The van der Waals surface area contributed by atoms with Gasteiger partial charge in [-0.2, -0.15) is 0 Å². The third-order valence-electron chi connectivity index (χ3n) is 2.70. The molecule has 0 spiro atoms. The van der Waals surface area contributed by atoms with Crippen molar-refractivity contribution < 1.29 is 0 Å². The normalized spacial score (nSPS) is 10.9. The molecule has 1 rings (SSSR count). The highest BCUT2D eigenvalue weighted by atomic mass is 35.5. The topological polar surface area (TPSA) is 6.48 Å². The number of halogens is 2. The largest absolute Gasteiger partial charge is 0.374 e. The van der Waals surface area contributed by atoms with Crippen molar-refractivity contribution >= 4 is 28.9 Å². The van der Waals surface area contributed by atoms with E-state index in [2.05, 4.69) is 30.9 Å². The molecule has 0 aliphatic rings. The van der Waals surface area contributed by atoms with E-state index in [0.29, 0.717) is 5.88 Å². The predicted molar refractivity (Wildman–Crippen MR) is 77.5 cm³/mol. The third-order valence-corrected chi connectivity index (χ3v) is 3.22. The van der Waals surface area contributed by atoms with E-state index < -0.39 is 0 Å². The van der Waals surface area contributed by atoms with Crippen molar-refractivity contribution in [2.24, 2.45) is 0 Å². The van der Waals surface area contributed by atoms with Gasteiger partial charge in [-0.15, -0.1) is 11.6 Å². The van der Waals surface area contributed by atoms with Gasteiger partial charge in [-0.3, -0.25) is 0 Å². The molecule has 0 N–H and O–H groups in total. The van der Waals surface area contributed by atoms with Crippen molar-refractivity contribution in [2.75, 3.05) is 39.1 Å². The quantitative estimate of drug-likeness (QED) is 0.733. The molecule has 0 atom stereocenters. The Morgan fingerprint density at radius 3 is 2.41 bits per heavy atom. The molecule has 2 nitrogen and oxygen atoms in total. The molecule has 17 heavy (non-hydrogen) atoms. The molecule has 0 unspecified atom stereocenters. The molecule has 1 aromatic rings. The lowest BCUT2D eigenvalue weighted by molar-refractivity contribution is 0.401. The van der Waals surface area contributed by atoms with Gasteiger partial charge in [0.15, 0.2) is 0 Å². The molecule has 0 saturated heterocycles. The zero-order valence-corrected chi connectivity index (χ0v) is 12.2. The number of benzene rings is 1. The Bertz CT molecular complexity index is 353. The van der Waals surface area contributed by atoms with Gasteiger partial charge in [0.2, 0.25) is 0 Å². The van der Waals surface area contributed by atoms with Gasteiger partial charge >= 0.3 is 0 Å². The van der Waals surface area contributed by atoms with Crippen molar-refractivity contribution in [3.8, 4) is 0 Å². The van der Waals surface area contributed by atoms with E-state index in [-0.39, 0.29) is 0 Å². The first-order valence-electron chi connectivity index (χ1n) is 5.75. The fraction of sp³-hybridized carbons (Fsp3) is 0.538. The molecule has 0 aliphatic heterocycles. The van der Waals surface area contributed by atoms with Gasteiger partial charge in [0.05, 0.1) is 0 Å². The third kappa shape index (κ3) is 4.74. The lowest BCUT2D eigenvalue weighted by atomic mass is 10.2. The maximum atomic E-state index is 6.02. The highest BCUT2D eigenvalue weighted by molar-refractivity contribution is 6.31. The Kier molecular flexibility index (Phi) is 6.10. The van der Waals surface area contributed by atoms with E-state index >= 15 is 0 Å². The minimum atomic E-state index is 0.518. The summed E-state index contributed by atoms with van der Waals surface area (Å²) in [6, 6.07) is 5.86. The van der Waals surface area contributed by atoms with E-state index in [0.717, 1.165) is 35.8 Å². The van der Waals surface area contributed by atoms with Gasteiger partial charge in [0.25, 0.3) is 0 Å². The monoisotopic (exact) mass is 274 g/mol. The second-order valence-electron chi connectivity index (χ2n) is 4.49. The highest BCUT2D eigenvalue weighted by Crippen LogP contribution is 2.25. The highest BCUT2D eigenvalue weighted by Gasteiger charge is 2.07. The molecule has 0 amide bonds. The summed E-state index contributed by atoms with van der Waals surface area (Å²) in [5, 5.41) is 0.758. The fourth-order valence-corrected chi connectivity index (χ4v) is 2.14. The minimum absolute atomic E-state index is 0.518. The van der Waals surface area contributed by atoms with E-state index in [1.54, 1.807) is 0 Å². The van der Waals surface area contributed by atoms with Crippen molar-refractivity contribution in [3.05, 3.63) is 28.8 Å². The molecule has 0 fully saturated rings. The van der Waals surface area contributed by atoms with Crippen LogP contribution in [0, 0.1) is 0 Å². The lowest BCUT2D eigenvalue weighted by Gasteiger charge is -2.23. The molecule has 96 valence electrons.